The van der Waals surface area contributed by atoms with Gasteiger partial charge in [-0.2, -0.15) is 5.10 Å². The third-order valence-corrected chi connectivity index (χ3v) is 3.05. The topological polar surface area (TPSA) is 33.4 Å². The summed E-state index contributed by atoms with van der Waals surface area (Å²) in [6.45, 7) is 7.69. The van der Waals surface area contributed by atoms with Gasteiger partial charge in [-0.1, -0.05) is 0 Å². The van der Waals surface area contributed by atoms with Gasteiger partial charge in [0, 0.05) is 38.9 Å². The number of rotatable bonds is 2. The average molecular weight is 220 g/mol. The van der Waals surface area contributed by atoms with Gasteiger partial charge in [0.15, 0.2) is 0 Å². The van der Waals surface area contributed by atoms with Crippen molar-refractivity contribution in [1.29, 1.82) is 0 Å². The van der Waals surface area contributed by atoms with E-state index in [1.54, 1.807) is 7.05 Å². The first-order valence-corrected chi connectivity index (χ1v) is 5.93. The van der Waals surface area contributed by atoms with Gasteiger partial charge in [-0.3, -0.25) is 14.6 Å². The van der Waals surface area contributed by atoms with Gasteiger partial charge in [-0.25, -0.2) is 0 Å². The first-order chi connectivity index (χ1) is 7.70. The number of aliphatic imine (C=N–C) groups is 1. The zero-order valence-corrected chi connectivity index (χ0v) is 10.3. The second kappa shape index (κ2) is 4.78. The SMILES string of the molecule is CN=Cc1cc2n(n1)CCCN(C(C)C)C2. The van der Waals surface area contributed by atoms with Crippen LogP contribution in [0.15, 0.2) is 11.1 Å². The van der Waals surface area contributed by atoms with E-state index in [4.69, 9.17) is 0 Å². The molecule has 1 aliphatic rings. The van der Waals surface area contributed by atoms with Crippen molar-refractivity contribution < 1.29 is 0 Å². The molecule has 16 heavy (non-hydrogen) atoms. The number of hydrogen-bond acceptors (Lipinski definition) is 3. The second-order valence-corrected chi connectivity index (χ2v) is 4.59. The Morgan fingerprint density at radius 2 is 2.25 bits per heavy atom. The molecule has 88 valence electrons. The molecule has 1 aromatic heterocycles. The van der Waals surface area contributed by atoms with Gasteiger partial charge < -0.3 is 0 Å². The Morgan fingerprint density at radius 3 is 2.94 bits per heavy atom. The highest BCUT2D eigenvalue weighted by Crippen LogP contribution is 2.15. The number of nitrogens with zero attached hydrogens (tertiary/aromatic N) is 4. The van der Waals surface area contributed by atoms with Gasteiger partial charge in [-0.15, -0.1) is 0 Å². The van der Waals surface area contributed by atoms with Gasteiger partial charge in [0.1, 0.15) is 5.69 Å². The molecule has 0 aromatic carbocycles. The van der Waals surface area contributed by atoms with Crippen molar-refractivity contribution in [1.82, 2.24) is 14.7 Å². The monoisotopic (exact) mass is 220 g/mol. The zero-order chi connectivity index (χ0) is 11.5. The fraction of sp³-hybridized carbons (Fsp3) is 0.667. The Morgan fingerprint density at radius 1 is 1.44 bits per heavy atom. The summed E-state index contributed by atoms with van der Waals surface area (Å²) in [4.78, 5) is 6.51. The van der Waals surface area contributed by atoms with Crippen molar-refractivity contribution in [3.63, 3.8) is 0 Å². The lowest BCUT2D eigenvalue weighted by atomic mass is 10.2. The highest BCUT2D eigenvalue weighted by molar-refractivity contribution is 5.76. The van der Waals surface area contributed by atoms with Crippen LogP contribution in [0.25, 0.3) is 0 Å². The smallest absolute Gasteiger partial charge is 0.103 e. The molecule has 0 saturated heterocycles. The Bertz CT molecular complexity index is 378. The van der Waals surface area contributed by atoms with Crippen LogP contribution in [0.5, 0.6) is 0 Å². The molecule has 1 aliphatic heterocycles. The average Bonchev–Trinajstić information content (AvgIpc) is 2.49. The Hall–Kier alpha value is -1.16. The molecule has 0 bridgehead atoms. The molecule has 4 heteroatoms. The third kappa shape index (κ3) is 2.32. The van der Waals surface area contributed by atoms with Gasteiger partial charge in [0.05, 0.1) is 5.69 Å². The molecule has 0 spiro atoms. The Balaban J connectivity index is 2.22. The highest BCUT2D eigenvalue weighted by atomic mass is 15.3. The molecule has 2 heterocycles. The van der Waals surface area contributed by atoms with Crippen LogP contribution in [0.1, 0.15) is 31.7 Å². The molecule has 0 radical (unpaired) electrons. The number of fused-ring (bicyclic) bond motifs is 1. The summed E-state index contributed by atoms with van der Waals surface area (Å²) in [5.41, 5.74) is 2.28. The third-order valence-electron chi connectivity index (χ3n) is 3.05. The van der Waals surface area contributed by atoms with Gasteiger partial charge >= 0.3 is 0 Å². The largest absolute Gasteiger partial charge is 0.295 e. The molecule has 0 fully saturated rings. The van der Waals surface area contributed by atoms with E-state index in [1.807, 2.05) is 6.21 Å². The maximum atomic E-state index is 4.53. The summed E-state index contributed by atoms with van der Waals surface area (Å²) in [6.07, 6.45) is 3.00. The van der Waals surface area contributed by atoms with Crippen LogP contribution in [-0.2, 0) is 13.1 Å². The summed E-state index contributed by atoms with van der Waals surface area (Å²) in [6, 6.07) is 2.75. The van der Waals surface area contributed by atoms with Crippen molar-refractivity contribution in [3.05, 3.63) is 17.5 Å². The summed E-state index contributed by atoms with van der Waals surface area (Å²) in [5.74, 6) is 0. The minimum absolute atomic E-state index is 0.602. The van der Waals surface area contributed by atoms with E-state index in [-0.39, 0.29) is 0 Å². The van der Waals surface area contributed by atoms with E-state index < -0.39 is 0 Å². The van der Waals surface area contributed by atoms with Crippen LogP contribution in [0.3, 0.4) is 0 Å². The molecule has 4 nitrogen and oxygen atoms in total. The van der Waals surface area contributed by atoms with Gasteiger partial charge in [0.25, 0.3) is 0 Å². The van der Waals surface area contributed by atoms with E-state index in [1.165, 1.54) is 12.1 Å². The fourth-order valence-corrected chi connectivity index (χ4v) is 2.15. The van der Waals surface area contributed by atoms with E-state index in [0.29, 0.717) is 6.04 Å². The van der Waals surface area contributed by atoms with Crippen molar-refractivity contribution in [3.8, 4) is 0 Å². The summed E-state index contributed by atoms with van der Waals surface area (Å²) in [5, 5.41) is 4.53. The number of aryl methyl sites for hydroxylation is 1. The minimum Gasteiger partial charge on any atom is -0.295 e. The van der Waals surface area contributed by atoms with Crippen LogP contribution in [0.2, 0.25) is 0 Å². The van der Waals surface area contributed by atoms with Gasteiger partial charge in [0.2, 0.25) is 0 Å². The molecule has 0 amide bonds. The minimum atomic E-state index is 0.602. The standard InChI is InChI=1S/C12H20N4/c1-10(2)15-5-4-6-16-12(9-15)7-11(14-16)8-13-3/h7-8,10H,4-6,9H2,1-3H3. The predicted octanol–water partition coefficient (Wildman–Crippen LogP) is 1.55. The quantitative estimate of drug-likeness (QED) is 0.708. The lowest BCUT2D eigenvalue weighted by Crippen LogP contribution is -2.30. The normalized spacial score (nSPS) is 18.0. The second-order valence-electron chi connectivity index (χ2n) is 4.59. The number of hydrogen-bond donors (Lipinski definition) is 0. The molecule has 0 saturated carbocycles. The van der Waals surface area contributed by atoms with E-state index in [9.17, 15) is 0 Å². The molecule has 0 aliphatic carbocycles. The fourth-order valence-electron chi connectivity index (χ4n) is 2.15. The maximum Gasteiger partial charge on any atom is 0.103 e. The van der Waals surface area contributed by atoms with E-state index in [2.05, 4.69) is 39.6 Å². The molecule has 2 rings (SSSR count). The lowest BCUT2D eigenvalue weighted by Gasteiger charge is -2.23. The maximum absolute atomic E-state index is 4.53. The van der Waals surface area contributed by atoms with Crippen LogP contribution in [-0.4, -0.2) is 40.5 Å². The van der Waals surface area contributed by atoms with E-state index >= 15 is 0 Å². The van der Waals surface area contributed by atoms with Crippen LogP contribution >= 0.6 is 0 Å². The molecule has 0 N–H and O–H groups in total. The highest BCUT2D eigenvalue weighted by Gasteiger charge is 2.17. The Kier molecular flexibility index (Phi) is 3.39. The molecule has 1 aromatic rings. The summed E-state index contributed by atoms with van der Waals surface area (Å²) >= 11 is 0. The predicted molar refractivity (Wildman–Crippen MR) is 65.9 cm³/mol. The van der Waals surface area contributed by atoms with Crippen LogP contribution in [0, 0.1) is 0 Å². The summed E-state index contributed by atoms with van der Waals surface area (Å²) in [7, 11) is 1.78. The summed E-state index contributed by atoms with van der Waals surface area (Å²) < 4.78 is 2.12. The number of aromatic nitrogens is 2. The van der Waals surface area contributed by atoms with Crippen molar-refractivity contribution in [2.75, 3.05) is 13.6 Å². The zero-order valence-electron chi connectivity index (χ0n) is 10.3. The first-order valence-electron chi connectivity index (χ1n) is 5.93. The molecular formula is C12H20N4. The van der Waals surface area contributed by atoms with Crippen molar-refractivity contribution >= 4 is 6.21 Å². The van der Waals surface area contributed by atoms with Crippen LogP contribution < -0.4 is 0 Å². The Labute approximate surface area is 97.0 Å². The molecule has 0 atom stereocenters. The van der Waals surface area contributed by atoms with Crippen molar-refractivity contribution in [2.24, 2.45) is 4.99 Å². The van der Waals surface area contributed by atoms with Crippen LogP contribution in [0.4, 0.5) is 0 Å². The van der Waals surface area contributed by atoms with E-state index in [0.717, 1.165) is 25.3 Å². The molecular weight excluding hydrogens is 200 g/mol. The first kappa shape index (κ1) is 11.3. The lowest BCUT2D eigenvalue weighted by molar-refractivity contribution is 0.216. The molecule has 0 unspecified atom stereocenters. The van der Waals surface area contributed by atoms with Crippen molar-refractivity contribution in [2.45, 2.75) is 39.4 Å². The van der Waals surface area contributed by atoms with Gasteiger partial charge in [-0.05, 0) is 26.3 Å².